The molecule has 1 aromatic rings. The van der Waals surface area contributed by atoms with Gasteiger partial charge in [-0.2, -0.15) is 0 Å². The summed E-state index contributed by atoms with van der Waals surface area (Å²) in [7, 11) is 0. The van der Waals surface area contributed by atoms with Crippen LogP contribution >= 0.6 is 15.9 Å². The van der Waals surface area contributed by atoms with Crippen molar-refractivity contribution in [1.82, 2.24) is 4.98 Å². The summed E-state index contributed by atoms with van der Waals surface area (Å²) in [4.78, 5) is 4.08. The molecule has 0 aromatic carbocycles. The SMILES string of the molecule is N[C@H]1CCO[C@H]1c1cncc(Br)c1. The Morgan fingerprint density at radius 3 is 3.00 bits per heavy atom. The first-order valence-corrected chi connectivity index (χ1v) is 5.04. The fourth-order valence-electron chi connectivity index (χ4n) is 1.53. The number of halogens is 1. The van der Waals surface area contributed by atoms with Gasteiger partial charge in [-0.15, -0.1) is 0 Å². The van der Waals surface area contributed by atoms with E-state index in [2.05, 4.69) is 20.9 Å². The second-order valence-corrected chi connectivity index (χ2v) is 4.10. The van der Waals surface area contributed by atoms with E-state index < -0.39 is 0 Å². The molecule has 1 aromatic heterocycles. The van der Waals surface area contributed by atoms with Crippen LogP contribution in [0.15, 0.2) is 22.9 Å². The summed E-state index contributed by atoms with van der Waals surface area (Å²) in [5.41, 5.74) is 6.95. The van der Waals surface area contributed by atoms with Crippen LogP contribution in [-0.2, 0) is 4.74 Å². The van der Waals surface area contributed by atoms with E-state index >= 15 is 0 Å². The van der Waals surface area contributed by atoms with Gasteiger partial charge in [-0.05, 0) is 28.4 Å². The van der Waals surface area contributed by atoms with Crippen LogP contribution in [0.4, 0.5) is 0 Å². The molecule has 1 fully saturated rings. The van der Waals surface area contributed by atoms with Gasteiger partial charge in [-0.25, -0.2) is 0 Å². The molecule has 0 amide bonds. The monoisotopic (exact) mass is 242 g/mol. The predicted molar refractivity (Wildman–Crippen MR) is 53.2 cm³/mol. The van der Waals surface area contributed by atoms with Gasteiger partial charge in [0.25, 0.3) is 0 Å². The Labute approximate surface area is 85.4 Å². The Bertz CT molecular complexity index is 305. The van der Waals surface area contributed by atoms with Crippen LogP contribution in [0.5, 0.6) is 0 Å². The van der Waals surface area contributed by atoms with Crippen molar-refractivity contribution in [2.75, 3.05) is 6.61 Å². The molecule has 2 N–H and O–H groups in total. The molecule has 13 heavy (non-hydrogen) atoms. The number of nitrogens with two attached hydrogens (primary N) is 1. The molecule has 0 aliphatic carbocycles. The van der Waals surface area contributed by atoms with Gasteiger partial charge in [0.1, 0.15) is 0 Å². The molecule has 1 aliphatic rings. The molecular formula is C9H11BrN2O. The number of aromatic nitrogens is 1. The molecule has 4 heteroatoms. The van der Waals surface area contributed by atoms with E-state index in [9.17, 15) is 0 Å². The van der Waals surface area contributed by atoms with E-state index in [0.29, 0.717) is 0 Å². The lowest BCUT2D eigenvalue weighted by atomic mass is 10.1. The molecule has 1 saturated heterocycles. The van der Waals surface area contributed by atoms with Gasteiger partial charge in [0.2, 0.25) is 0 Å². The first-order chi connectivity index (χ1) is 6.27. The summed E-state index contributed by atoms with van der Waals surface area (Å²) in [6, 6.07) is 2.11. The summed E-state index contributed by atoms with van der Waals surface area (Å²) in [5.74, 6) is 0. The van der Waals surface area contributed by atoms with Crippen LogP contribution in [0, 0.1) is 0 Å². The van der Waals surface area contributed by atoms with Crippen molar-refractivity contribution in [3.8, 4) is 0 Å². The molecule has 0 bridgehead atoms. The molecule has 3 nitrogen and oxygen atoms in total. The highest BCUT2D eigenvalue weighted by atomic mass is 79.9. The van der Waals surface area contributed by atoms with E-state index in [4.69, 9.17) is 10.5 Å². The number of rotatable bonds is 1. The molecule has 2 heterocycles. The summed E-state index contributed by atoms with van der Waals surface area (Å²) < 4.78 is 6.49. The number of ether oxygens (including phenoxy) is 1. The summed E-state index contributed by atoms with van der Waals surface area (Å²) in [6.45, 7) is 0.748. The van der Waals surface area contributed by atoms with Gasteiger partial charge < -0.3 is 10.5 Å². The van der Waals surface area contributed by atoms with E-state index in [1.807, 2.05) is 6.07 Å². The number of pyridine rings is 1. The average Bonchev–Trinajstić information content (AvgIpc) is 2.51. The average molecular weight is 243 g/mol. The zero-order chi connectivity index (χ0) is 9.26. The number of hydrogen-bond acceptors (Lipinski definition) is 3. The summed E-state index contributed by atoms with van der Waals surface area (Å²) in [5, 5.41) is 0. The maximum absolute atomic E-state index is 5.89. The van der Waals surface area contributed by atoms with Crippen molar-refractivity contribution in [1.29, 1.82) is 0 Å². The topological polar surface area (TPSA) is 48.1 Å². The molecular weight excluding hydrogens is 232 g/mol. The van der Waals surface area contributed by atoms with Gasteiger partial charge in [-0.3, -0.25) is 4.98 Å². The van der Waals surface area contributed by atoms with Crippen LogP contribution in [0.25, 0.3) is 0 Å². The van der Waals surface area contributed by atoms with Crippen LogP contribution in [-0.4, -0.2) is 17.6 Å². The third kappa shape index (κ3) is 1.90. The first kappa shape index (κ1) is 9.12. The highest BCUT2D eigenvalue weighted by molar-refractivity contribution is 9.10. The normalized spacial score (nSPS) is 27.8. The fraction of sp³-hybridized carbons (Fsp3) is 0.444. The molecule has 0 saturated carbocycles. The number of nitrogens with zero attached hydrogens (tertiary/aromatic N) is 1. The van der Waals surface area contributed by atoms with Crippen molar-refractivity contribution in [3.63, 3.8) is 0 Å². The van der Waals surface area contributed by atoms with Crippen molar-refractivity contribution >= 4 is 15.9 Å². The lowest BCUT2D eigenvalue weighted by molar-refractivity contribution is 0.105. The Kier molecular flexibility index (Phi) is 2.62. The number of hydrogen-bond donors (Lipinski definition) is 1. The standard InChI is InChI=1S/C9H11BrN2O/c10-7-3-6(4-12-5-7)9-8(11)1-2-13-9/h3-5,8-9H,1-2,11H2/t8-,9-/m0/s1. The quantitative estimate of drug-likeness (QED) is 0.815. The van der Waals surface area contributed by atoms with Gasteiger partial charge in [0, 0.05) is 35.1 Å². The summed E-state index contributed by atoms with van der Waals surface area (Å²) >= 11 is 3.37. The van der Waals surface area contributed by atoms with Crippen LogP contribution in [0.3, 0.4) is 0 Å². The molecule has 0 spiro atoms. The van der Waals surface area contributed by atoms with Gasteiger partial charge in [0.15, 0.2) is 0 Å². The molecule has 0 unspecified atom stereocenters. The van der Waals surface area contributed by atoms with Gasteiger partial charge in [-0.1, -0.05) is 0 Å². The highest BCUT2D eigenvalue weighted by Crippen LogP contribution is 2.28. The largest absolute Gasteiger partial charge is 0.372 e. The van der Waals surface area contributed by atoms with Crippen LogP contribution in [0.2, 0.25) is 0 Å². The second-order valence-electron chi connectivity index (χ2n) is 3.18. The van der Waals surface area contributed by atoms with E-state index in [1.165, 1.54) is 0 Å². The molecule has 70 valence electrons. The smallest absolute Gasteiger partial charge is 0.0991 e. The van der Waals surface area contributed by atoms with Crippen molar-refractivity contribution in [2.24, 2.45) is 5.73 Å². The van der Waals surface area contributed by atoms with E-state index in [-0.39, 0.29) is 12.1 Å². The molecule has 2 atom stereocenters. The minimum atomic E-state index is 0.0185. The summed E-state index contributed by atoms with van der Waals surface area (Å²) in [6.07, 6.45) is 4.51. The zero-order valence-corrected chi connectivity index (χ0v) is 8.70. The minimum absolute atomic E-state index is 0.0185. The molecule has 0 radical (unpaired) electrons. The Morgan fingerprint density at radius 1 is 1.54 bits per heavy atom. The second kappa shape index (κ2) is 3.74. The maximum Gasteiger partial charge on any atom is 0.0991 e. The first-order valence-electron chi connectivity index (χ1n) is 4.25. The lowest BCUT2D eigenvalue weighted by Crippen LogP contribution is -2.23. The van der Waals surface area contributed by atoms with Gasteiger partial charge >= 0.3 is 0 Å². The van der Waals surface area contributed by atoms with E-state index in [0.717, 1.165) is 23.1 Å². The third-order valence-corrected chi connectivity index (χ3v) is 2.63. The third-order valence-electron chi connectivity index (χ3n) is 2.19. The van der Waals surface area contributed by atoms with Crippen LogP contribution < -0.4 is 5.73 Å². The Balaban J connectivity index is 2.24. The minimum Gasteiger partial charge on any atom is -0.372 e. The zero-order valence-electron chi connectivity index (χ0n) is 7.11. The fourth-order valence-corrected chi connectivity index (χ4v) is 1.92. The lowest BCUT2D eigenvalue weighted by Gasteiger charge is -2.14. The Morgan fingerprint density at radius 2 is 2.38 bits per heavy atom. The van der Waals surface area contributed by atoms with Crippen molar-refractivity contribution in [2.45, 2.75) is 18.6 Å². The van der Waals surface area contributed by atoms with Crippen molar-refractivity contribution < 1.29 is 4.74 Å². The van der Waals surface area contributed by atoms with Crippen LogP contribution in [0.1, 0.15) is 18.1 Å². The van der Waals surface area contributed by atoms with Crippen molar-refractivity contribution in [3.05, 3.63) is 28.5 Å². The highest BCUT2D eigenvalue weighted by Gasteiger charge is 2.26. The predicted octanol–water partition coefficient (Wildman–Crippen LogP) is 1.63. The molecule has 2 rings (SSSR count). The van der Waals surface area contributed by atoms with Gasteiger partial charge in [0.05, 0.1) is 6.10 Å². The molecule has 1 aliphatic heterocycles. The Hall–Kier alpha value is -0.450. The van der Waals surface area contributed by atoms with E-state index in [1.54, 1.807) is 12.4 Å². The maximum atomic E-state index is 5.89.